The van der Waals surface area contributed by atoms with E-state index >= 15 is 0 Å². The summed E-state index contributed by atoms with van der Waals surface area (Å²) in [6.07, 6.45) is -0.757. The molecule has 0 aliphatic carbocycles. The van der Waals surface area contributed by atoms with Crippen LogP contribution < -0.4 is 0 Å². The molecule has 2 unspecified atom stereocenters. The van der Waals surface area contributed by atoms with Crippen LogP contribution in [0.1, 0.15) is 34.6 Å². The lowest BCUT2D eigenvalue weighted by Crippen LogP contribution is -2.60. The van der Waals surface area contributed by atoms with Crippen molar-refractivity contribution in [2.45, 2.75) is 65.1 Å². The van der Waals surface area contributed by atoms with Gasteiger partial charge in [0.2, 0.25) is 0 Å². The van der Waals surface area contributed by atoms with Gasteiger partial charge in [0, 0.05) is 12.8 Å². The summed E-state index contributed by atoms with van der Waals surface area (Å²) in [5.41, 5.74) is 0. The monoisotopic (exact) mass is 288 g/mol. The summed E-state index contributed by atoms with van der Waals surface area (Å²) in [7, 11) is -1.87. The van der Waals surface area contributed by atoms with Crippen molar-refractivity contribution in [2.24, 2.45) is 5.92 Å². The molecule has 1 rings (SSSR count). The molecule has 19 heavy (non-hydrogen) atoms. The predicted molar refractivity (Wildman–Crippen MR) is 76.9 cm³/mol. The third-order valence-electron chi connectivity index (χ3n) is 4.22. The van der Waals surface area contributed by atoms with Crippen molar-refractivity contribution >= 4 is 14.3 Å². The minimum atomic E-state index is -1.87. The Labute approximate surface area is 117 Å². The highest BCUT2D eigenvalue weighted by Gasteiger charge is 2.45. The summed E-state index contributed by atoms with van der Waals surface area (Å²) in [5.74, 6) is -0.453. The van der Waals surface area contributed by atoms with Crippen molar-refractivity contribution in [1.82, 2.24) is 5.06 Å². The van der Waals surface area contributed by atoms with Crippen LogP contribution in [0.15, 0.2) is 0 Å². The number of carbonyl (C=O) groups is 1. The van der Waals surface area contributed by atoms with Gasteiger partial charge >= 0.3 is 5.97 Å². The lowest BCUT2D eigenvalue weighted by molar-refractivity contribution is -0.187. The summed E-state index contributed by atoms with van der Waals surface area (Å²) >= 11 is 0. The van der Waals surface area contributed by atoms with Crippen LogP contribution in [0.2, 0.25) is 18.1 Å². The number of rotatable bonds is 4. The molecule has 0 aromatic rings. The molecule has 0 radical (unpaired) electrons. The normalized spacial score (nSPS) is 26.7. The maximum atomic E-state index is 11.4. The molecular weight excluding hydrogens is 262 g/mol. The Kier molecular flexibility index (Phi) is 4.82. The molecule has 6 heteroatoms. The molecule has 0 saturated carbocycles. The summed E-state index contributed by atoms with van der Waals surface area (Å²) in [5, 5.41) is 12.4. The van der Waals surface area contributed by atoms with E-state index in [4.69, 9.17) is 9.16 Å². The number of hydroxylamine groups is 2. The van der Waals surface area contributed by atoms with Crippen LogP contribution in [0.3, 0.4) is 0 Å². The third kappa shape index (κ3) is 3.78. The molecule has 0 aromatic heterocycles. The molecule has 0 N–H and O–H groups in total. The molecule has 0 spiro atoms. The quantitative estimate of drug-likeness (QED) is 0.588. The summed E-state index contributed by atoms with van der Waals surface area (Å²) in [6, 6.07) is 0. The standard InChI is InChI=1S/C13H26NO4Si/c1-9(18-19(6,7)13(3,4)5)11-8-14(16)12(11)17-10(2)15/h9,11-12H,8H2,1-7H3/q-1/t9-,11?,12?/m1/s1. The topological polar surface area (TPSA) is 61.8 Å². The largest absolute Gasteiger partial charge is 0.783 e. The lowest BCUT2D eigenvalue weighted by atomic mass is 9.94. The van der Waals surface area contributed by atoms with Crippen LogP contribution in [0.4, 0.5) is 0 Å². The second kappa shape index (κ2) is 5.52. The van der Waals surface area contributed by atoms with E-state index in [9.17, 15) is 10.0 Å². The highest BCUT2D eigenvalue weighted by molar-refractivity contribution is 6.74. The van der Waals surface area contributed by atoms with E-state index in [1.165, 1.54) is 6.92 Å². The number of nitrogens with zero attached hydrogens (tertiary/aromatic N) is 1. The smallest absolute Gasteiger partial charge is 0.304 e. The molecule has 0 amide bonds. The molecule has 5 nitrogen and oxygen atoms in total. The van der Waals surface area contributed by atoms with Gasteiger partial charge in [0.1, 0.15) is 0 Å². The fourth-order valence-electron chi connectivity index (χ4n) is 1.90. The summed E-state index contributed by atoms with van der Waals surface area (Å²) < 4.78 is 11.3. The molecular formula is C13H26NO4Si-. The zero-order chi connectivity index (χ0) is 15.0. The van der Waals surface area contributed by atoms with E-state index in [2.05, 4.69) is 33.9 Å². The third-order valence-corrected chi connectivity index (χ3v) is 8.79. The Morgan fingerprint density at radius 2 is 1.95 bits per heavy atom. The SMILES string of the molecule is CC(=O)OC1C([C@@H](C)O[Si](C)(C)C(C)(C)C)CN1[O-]. The molecule has 1 heterocycles. The van der Waals surface area contributed by atoms with Gasteiger partial charge in [-0.2, -0.15) is 0 Å². The van der Waals surface area contributed by atoms with Crippen molar-refractivity contribution in [1.29, 1.82) is 0 Å². The van der Waals surface area contributed by atoms with Crippen LogP contribution in [0, 0.1) is 11.1 Å². The molecule has 3 atom stereocenters. The van der Waals surface area contributed by atoms with Crippen molar-refractivity contribution in [3.8, 4) is 0 Å². The molecule has 1 saturated heterocycles. The predicted octanol–water partition coefficient (Wildman–Crippen LogP) is 2.72. The lowest BCUT2D eigenvalue weighted by Gasteiger charge is -2.54. The highest BCUT2D eigenvalue weighted by Crippen LogP contribution is 2.39. The van der Waals surface area contributed by atoms with E-state index in [0.717, 1.165) is 5.06 Å². The maximum Gasteiger partial charge on any atom is 0.304 e. The van der Waals surface area contributed by atoms with Crippen molar-refractivity contribution in [3.05, 3.63) is 5.21 Å². The highest BCUT2D eigenvalue weighted by atomic mass is 28.4. The van der Waals surface area contributed by atoms with Gasteiger partial charge in [-0.25, -0.2) is 0 Å². The van der Waals surface area contributed by atoms with Gasteiger partial charge in [-0.1, -0.05) is 20.8 Å². The van der Waals surface area contributed by atoms with Crippen LogP contribution in [-0.4, -0.2) is 38.2 Å². The zero-order valence-corrected chi connectivity index (χ0v) is 14.0. The molecule has 1 fully saturated rings. The fraction of sp³-hybridized carbons (Fsp3) is 0.923. The number of ether oxygens (including phenoxy) is 1. The zero-order valence-electron chi connectivity index (χ0n) is 13.0. The molecule has 1 aliphatic heterocycles. The Balaban J connectivity index is 2.64. The fourth-order valence-corrected chi connectivity index (χ4v) is 3.36. The van der Waals surface area contributed by atoms with Gasteiger partial charge in [-0.15, -0.1) is 0 Å². The Morgan fingerprint density at radius 3 is 2.32 bits per heavy atom. The van der Waals surface area contributed by atoms with Gasteiger partial charge in [-0.05, 0) is 31.6 Å². The van der Waals surface area contributed by atoms with Gasteiger partial charge in [0.05, 0.1) is 6.10 Å². The number of esters is 1. The van der Waals surface area contributed by atoms with E-state index in [1.54, 1.807) is 0 Å². The minimum absolute atomic E-state index is 0.0319. The Morgan fingerprint density at radius 1 is 1.42 bits per heavy atom. The van der Waals surface area contributed by atoms with Gasteiger partial charge in [0.15, 0.2) is 14.5 Å². The van der Waals surface area contributed by atoms with E-state index in [0.29, 0.717) is 6.54 Å². The van der Waals surface area contributed by atoms with Crippen molar-refractivity contribution < 1.29 is 14.0 Å². The Hall–Kier alpha value is -0.433. The number of hydrogen-bond acceptors (Lipinski definition) is 5. The van der Waals surface area contributed by atoms with Crippen LogP contribution in [0.25, 0.3) is 0 Å². The summed E-state index contributed by atoms with van der Waals surface area (Å²) in [4.78, 5) is 11.0. The average molecular weight is 288 g/mol. The molecule has 0 aromatic carbocycles. The molecule has 112 valence electrons. The van der Waals surface area contributed by atoms with Crippen LogP contribution in [-0.2, 0) is 14.0 Å². The maximum absolute atomic E-state index is 11.4. The van der Waals surface area contributed by atoms with E-state index < -0.39 is 20.5 Å². The first-order valence-electron chi connectivity index (χ1n) is 6.74. The van der Waals surface area contributed by atoms with Gasteiger partial charge in [0.25, 0.3) is 0 Å². The van der Waals surface area contributed by atoms with Crippen molar-refractivity contribution in [2.75, 3.05) is 6.54 Å². The van der Waals surface area contributed by atoms with E-state index in [-0.39, 0.29) is 17.1 Å². The number of hydrogen-bond donors (Lipinski definition) is 0. The summed E-state index contributed by atoms with van der Waals surface area (Å²) in [6.45, 7) is 14.5. The second-order valence-corrected chi connectivity index (χ2v) is 11.6. The second-order valence-electron chi connectivity index (χ2n) is 6.85. The number of carbonyl (C=O) groups excluding carboxylic acids is 1. The van der Waals surface area contributed by atoms with Crippen molar-refractivity contribution in [3.63, 3.8) is 0 Å². The first-order valence-corrected chi connectivity index (χ1v) is 9.65. The first kappa shape index (κ1) is 16.6. The van der Waals surface area contributed by atoms with Gasteiger partial charge in [-0.3, -0.25) is 4.79 Å². The first-order chi connectivity index (χ1) is 8.45. The van der Waals surface area contributed by atoms with Crippen LogP contribution in [0.5, 0.6) is 0 Å². The molecule has 0 bridgehead atoms. The Bertz CT molecular complexity index is 340. The van der Waals surface area contributed by atoms with Gasteiger partial charge < -0.3 is 19.4 Å². The van der Waals surface area contributed by atoms with E-state index in [1.807, 2.05) is 6.92 Å². The average Bonchev–Trinajstić information content (AvgIpc) is 2.20. The minimum Gasteiger partial charge on any atom is -0.783 e. The van der Waals surface area contributed by atoms with Crippen LogP contribution >= 0.6 is 0 Å². The molecule has 1 aliphatic rings.